The first kappa shape index (κ1) is 22.8. The average Bonchev–Trinajstić information content (AvgIpc) is 2.48. The summed E-state index contributed by atoms with van der Waals surface area (Å²) in [5, 5.41) is 0.859. The summed E-state index contributed by atoms with van der Waals surface area (Å²) in [5.41, 5.74) is 2.89. The molecule has 2 aromatic carbocycles. The molecular weight excluding hydrogens is 338 g/mol. The van der Waals surface area contributed by atoms with Gasteiger partial charge >= 0.3 is 18.9 Å². The van der Waals surface area contributed by atoms with Crippen molar-refractivity contribution in [3.05, 3.63) is 53.1 Å². The molecule has 5 heteroatoms. The van der Waals surface area contributed by atoms with Gasteiger partial charge in [0.05, 0.1) is 18.0 Å². The van der Waals surface area contributed by atoms with Crippen LogP contribution in [0.15, 0.2) is 36.4 Å². The van der Waals surface area contributed by atoms with Gasteiger partial charge in [-0.25, -0.2) is 0 Å². The van der Waals surface area contributed by atoms with Crippen molar-refractivity contribution in [2.24, 2.45) is 0 Å². The second-order valence-corrected chi connectivity index (χ2v) is 7.76. The molecule has 2 aromatic rings. The molecule has 0 bridgehead atoms. The maximum absolute atomic E-state index is 12.9. The first-order valence-corrected chi connectivity index (χ1v) is 9.47. The zero-order valence-electron chi connectivity index (χ0n) is 16.8. The Morgan fingerprint density at radius 3 is 2.04 bits per heavy atom. The van der Waals surface area contributed by atoms with Gasteiger partial charge in [-0.05, 0) is 64.3 Å². The van der Waals surface area contributed by atoms with Crippen molar-refractivity contribution in [2.45, 2.75) is 53.8 Å². The number of hydrogen-bond donors (Lipinski definition) is 0. The summed E-state index contributed by atoms with van der Waals surface area (Å²) in [6, 6.07) is 11.6. The van der Waals surface area contributed by atoms with Crippen LogP contribution in [0.4, 0.5) is 0 Å². The number of rotatable bonds is 7. The van der Waals surface area contributed by atoms with Crippen molar-refractivity contribution in [3.8, 4) is 11.5 Å². The fourth-order valence-electron chi connectivity index (χ4n) is 2.60. The van der Waals surface area contributed by atoms with Gasteiger partial charge in [-0.2, -0.15) is 5.30 Å². The standard InChI is InChI=1S/C21H26O3P.Li/c1-13(2)23-17-10-11-19(18(12-17)24-14(3)4)25-21(22)20-15(5)8-7-9-16(20)6;/h7-14H,1-6H3;/q-1;+1. The van der Waals surface area contributed by atoms with Crippen LogP contribution in [-0.2, 0) is 0 Å². The molecule has 0 amide bonds. The van der Waals surface area contributed by atoms with E-state index in [0.717, 1.165) is 27.7 Å². The molecule has 0 spiro atoms. The van der Waals surface area contributed by atoms with Gasteiger partial charge in [-0.15, -0.1) is 0 Å². The van der Waals surface area contributed by atoms with Crippen LogP contribution < -0.4 is 33.6 Å². The number of carbonyl (C=O) groups is 1. The van der Waals surface area contributed by atoms with E-state index in [4.69, 9.17) is 9.47 Å². The van der Waals surface area contributed by atoms with E-state index >= 15 is 0 Å². The van der Waals surface area contributed by atoms with Crippen LogP contribution in [-0.4, -0.2) is 17.7 Å². The van der Waals surface area contributed by atoms with E-state index in [9.17, 15) is 4.79 Å². The normalized spacial score (nSPS) is 11.1. The molecule has 0 radical (unpaired) electrons. The minimum atomic E-state index is 0. The first-order valence-electron chi connectivity index (χ1n) is 8.57. The maximum Gasteiger partial charge on any atom is 1.00 e. The predicted octanol–water partition coefficient (Wildman–Crippen LogP) is 2.29. The molecule has 3 nitrogen and oxygen atoms in total. The van der Waals surface area contributed by atoms with Crippen molar-refractivity contribution in [1.82, 2.24) is 0 Å². The van der Waals surface area contributed by atoms with Crippen LogP contribution in [0, 0.1) is 13.8 Å². The van der Waals surface area contributed by atoms with Gasteiger partial charge in [0, 0.05) is 11.6 Å². The molecule has 26 heavy (non-hydrogen) atoms. The number of carbonyl (C=O) groups excluding carboxylic acids is 1. The van der Waals surface area contributed by atoms with Crippen LogP contribution >= 0.6 is 8.58 Å². The summed E-state index contributed by atoms with van der Waals surface area (Å²) in [5.74, 6) is 1.46. The largest absolute Gasteiger partial charge is 1.00 e. The fraction of sp³-hybridized carbons (Fsp3) is 0.381. The van der Waals surface area contributed by atoms with E-state index < -0.39 is 0 Å². The van der Waals surface area contributed by atoms with Crippen molar-refractivity contribution < 1.29 is 33.1 Å². The van der Waals surface area contributed by atoms with Crippen LogP contribution in [0.5, 0.6) is 11.5 Å². The summed E-state index contributed by atoms with van der Waals surface area (Å²) < 4.78 is 11.7. The fourth-order valence-corrected chi connectivity index (χ4v) is 3.66. The van der Waals surface area contributed by atoms with E-state index in [2.05, 4.69) is 0 Å². The van der Waals surface area contributed by atoms with Gasteiger partial charge in [-0.3, -0.25) is 0 Å². The van der Waals surface area contributed by atoms with Crippen LogP contribution in [0.2, 0.25) is 0 Å². The summed E-state index contributed by atoms with van der Waals surface area (Å²) in [6.07, 6.45) is 0.116. The maximum atomic E-state index is 12.9. The smallest absolute Gasteiger partial charge is 0.493 e. The first-order chi connectivity index (χ1) is 11.8. The third kappa shape index (κ3) is 6.17. The molecule has 0 unspecified atom stereocenters. The molecule has 0 saturated carbocycles. The van der Waals surface area contributed by atoms with Crippen LogP contribution in [0.1, 0.15) is 49.2 Å². The van der Waals surface area contributed by atoms with Gasteiger partial charge in [-0.1, -0.05) is 24.3 Å². The van der Waals surface area contributed by atoms with Gasteiger partial charge in [0.2, 0.25) is 0 Å². The Morgan fingerprint density at radius 2 is 1.50 bits per heavy atom. The van der Waals surface area contributed by atoms with E-state index in [-0.39, 0.29) is 36.6 Å². The van der Waals surface area contributed by atoms with Crippen molar-refractivity contribution in [2.75, 3.05) is 0 Å². The predicted molar refractivity (Wildman–Crippen MR) is 105 cm³/mol. The molecule has 0 aromatic heterocycles. The molecule has 0 saturated heterocycles. The summed E-state index contributed by atoms with van der Waals surface area (Å²) in [4.78, 5) is 12.9. The Morgan fingerprint density at radius 1 is 0.923 bits per heavy atom. The number of aryl methyl sites for hydroxylation is 2. The van der Waals surface area contributed by atoms with Gasteiger partial charge in [0.15, 0.2) is 0 Å². The molecule has 0 aliphatic rings. The summed E-state index contributed by atoms with van der Waals surface area (Å²) in [7, 11) is 0.611. The Balaban J connectivity index is 0.00000338. The van der Waals surface area contributed by atoms with E-state index in [1.807, 2.05) is 77.9 Å². The average molecular weight is 364 g/mol. The second-order valence-electron chi connectivity index (χ2n) is 6.65. The Kier molecular flexibility index (Phi) is 8.91. The van der Waals surface area contributed by atoms with E-state index in [1.165, 1.54) is 0 Å². The Hall–Kier alpha value is -1.26. The molecule has 0 N–H and O–H groups in total. The number of ether oxygens (including phenoxy) is 2. The van der Waals surface area contributed by atoms with E-state index in [0.29, 0.717) is 14.3 Å². The van der Waals surface area contributed by atoms with E-state index in [1.54, 1.807) is 0 Å². The van der Waals surface area contributed by atoms with Crippen molar-refractivity contribution in [3.63, 3.8) is 0 Å². The molecule has 0 aliphatic carbocycles. The zero-order valence-corrected chi connectivity index (χ0v) is 17.7. The van der Waals surface area contributed by atoms with Crippen LogP contribution in [0.3, 0.4) is 0 Å². The molecule has 0 aliphatic heterocycles. The second kappa shape index (κ2) is 10.2. The van der Waals surface area contributed by atoms with Crippen molar-refractivity contribution >= 4 is 19.4 Å². The quantitative estimate of drug-likeness (QED) is 0.559. The third-order valence-electron chi connectivity index (χ3n) is 3.58. The van der Waals surface area contributed by atoms with Gasteiger partial charge in [0.25, 0.3) is 0 Å². The van der Waals surface area contributed by atoms with Gasteiger partial charge < -0.3 is 22.8 Å². The molecular formula is C21H26LiO3P. The van der Waals surface area contributed by atoms with Gasteiger partial charge in [0.1, 0.15) is 5.75 Å². The minimum absolute atomic E-state index is 0. The topological polar surface area (TPSA) is 35.5 Å². The summed E-state index contributed by atoms with van der Waals surface area (Å²) >= 11 is 0. The monoisotopic (exact) mass is 364 g/mol. The number of hydrogen-bond acceptors (Lipinski definition) is 3. The molecule has 0 fully saturated rings. The van der Waals surface area contributed by atoms with Crippen LogP contribution in [0.25, 0.3) is 0 Å². The molecule has 0 heterocycles. The minimum Gasteiger partial charge on any atom is -0.493 e. The summed E-state index contributed by atoms with van der Waals surface area (Å²) in [6.45, 7) is 11.9. The Labute approximate surface area is 170 Å². The molecule has 2 rings (SSSR count). The SMILES string of the molecule is Cc1cccc(C)c1C(=O)[P-]c1ccc(OC(C)C)cc1OC(C)C.[Li+]. The molecule has 0 atom stereocenters. The number of benzene rings is 2. The Bertz CT molecular complexity index is 737. The zero-order chi connectivity index (χ0) is 18.6. The van der Waals surface area contributed by atoms with Crippen molar-refractivity contribution in [1.29, 1.82) is 0 Å². The third-order valence-corrected chi connectivity index (χ3v) is 4.62. The molecule has 134 valence electrons.